The van der Waals surface area contributed by atoms with Crippen LogP contribution in [0.3, 0.4) is 0 Å². The summed E-state index contributed by atoms with van der Waals surface area (Å²) in [7, 11) is 0. The molecule has 132 valence electrons. The molecule has 0 fully saturated rings. The third kappa shape index (κ3) is 3.47. The van der Waals surface area contributed by atoms with Crippen LogP contribution in [-0.4, -0.2) is 28.6 Å². The van der Waals surface area contributed by atoms with E-state index in [2.05, 4.69) is 33.0 Å². The Labute approximate surface area is 157 Å². The summed E-state index contributed by atoms with van der Waals surface area (Å²) in [4.78, 5) is 24.8. The van der Waals surface area contributed by atoms with E-state index in [1.807, 2.05) is 18.2 Å². The van der Waals surface area contributed by atoms with Crippen LogP contribution >= 0.6 is 22.7 Å². The molecule has 2 amide bonds. The standard InChI is InChI=1S/C18H16N4O2S2/c23-16(22-11-9-20-21-10-11)6-3-7-19-18(24)15-8-14-17(26-15)12-4-1-2-5-13(12)25-14/h1-2,4-5,8-10H,3,6-7H2,(H,19,24)(H,20,21)(H,22,23). The topological polar surface area (TPSA) is 86.9 Å². The van der Waals surface area contributed by atoms with E-state index < -0.39 is 0 Å². The second-order valence-electron chi connectivity index (χ2n) is 5.80. The maximum atomic E-state index is 12.3. The summed E-state index contributed by atoms with van der Waals surface area (Å²) >= 11 is 3.22. The Bertz CT molecular complexity index is 1070. The number of carbonyl (C=O) groups excluding carboxylic acids is 2. The molecule has 0 aliphatic carbocycles. The van der Waals surface area contributed by atoms with Gasteiger partial charge in [0.2, 0.25) is 5.91 Å². The molecule has 8 heteroatoms. The zero-order chi connectivity index (χ0) is 17.9. The predicted molar refractivity (Wildman–Crippen MR) is 106 cm³/mol. The summed E-state index contributed by atoms with van der Waals surface area (Å²) in [6, 6.07) is 10.2. The van der Waals surface area contributed by atoms with Crippen LogP contribution < -0.4 is 10.6 Å². The number of nitrogens with zero attached hydrogens (tertiary/aromatic N) is 1. The number of thiophene rings is 2. The molecule has 3 heterocycles. The van der Waals surface area contributed by atoms with Gasteiger partial charge in [0.15, 0.2) is 0 Å². The van der Waals surface area contributed by atoms with Crippen molar-refractivity contribution in [3.63, 3.8) is 0 Å². The highest BCUT2D eigenvalue weighted by Crippen LogP contribution is 2.39. The molecule has 4 rings (SSSR count). The van der Waals surface area contributed by atoms with Crippen LogP contribution in [0.4, 0.5) is 5.69 Å². The molecule has 0 saturated carbocycles. The van der Waals surface area contributed by atoms with Gasteiger partial charge >= 0.3 is 0 Å². The molecule has 26 heavy (non-hydrogen) atoms. The second kappa shape index (κ2) is 7.27. The molecule has 4 aromatic rings. The molecule has 0 saturated heterocycles. The number of hydrogen-bond acceptors (Lipinski definition) is 5. The number of carbonyl (C=O) groups is 2. The first-order chi connectivity index (χ1) is 12.7. The van der Waals surface area contributed by atoms with Gasteiger partial charge in [-0.1, -0.05) is 18.2 Å². The van der Waals surface area contributed by atoms with Gasteiger partial charge in [0.1, 0.15) is 0 Å². The first-order valence-electron chi connectivity index (χ1n) is 8.18. The minimum atomic E-state index is -0.0937. The van der Waals surface area contributed by atoms with Gasteiger partial charge in [-0.15, -0.1) is 22.7 Å². The lowest BCUT2D eigenvalue weighted by Crippen LogP contribution is -2.24. The van der Waals surface area contributed by atoms with Crippen LogP contribution in [0, 0.1) is 0 Å². The first-order valence-corrected chi connectivity index (χ1v) is 9.82. The summed E-state index contributed by atoms with van der Waals surface area (Å²) in [5, 5.41) is 13.2. The van der Waals surface area contributed by atoms with E-state index in [9.17, 15) is 9.59 Å². The third-order valence-corrected chi connectivity index (χ3v) is 6.34. The Morgan fingerprint density at radius 1 is 1.15 bits per heavy atom. The van der Waals surface area contributed by atoms with Crippen LogP contribution in [0.2, 0.25) is 0 Å². The van der Waals surface area contributed by atoms with Crippen molar-refractivity contribution >= 4 is 59.7 Å². The number of nitrogens with one attached hydrogen (secondary N) is 3. The quantitative estimate of drug-likeness (QED) is 0.439. The number of anilines is 1. The first kappa shape index (κ1) is 16.7. The monoisotopic (exact) mass is 384 g/mol. The fraction of sp³-hybridized carbons (Fsp3) is 0.167. The molecule has 0 spiro atoms. The number of H-pyrrole nitrogens is 1. The molecule has 1 aromatic carbocycles. The molecule has 0 atom stereocenters. The van der Waals surface area contributed by atoms with Crippen LogP contribution in [0.15, 0.2) is 42.7 Å². The van der Waals surface area contributed by atoms with E-state index in [1.54, 1.807) is 23.7 Å². The minimum absolute atomic E-state index is 0.0854. The number of rotatable bonds is 6. The van der Waals surface area contributed by atoms with E-state index >= 15 is 0 Å². The van der Waals surface area contributed by atoms with E-state index in [4.69, 9.17) is 0 Å². The highest BCUT2D eigenvalue weighted by atomic mass is 32.1. The Hall–Kier alpha value is -2.71. The van der Waals surface area contributed by atoms with Crippen molar-refractivity contribution in [1.29, 1.82) is 0 Å². The van der Waals surface area contributed by atoms with Crippen LogP contribution in [-0.2, 0) is 4.79 Å². The van der Waals surface area contributed by atoms with Crippen molar-refractivity contribution in [3.05, 3.63) is 47.6 Å². The number of fused-ring (bicyclic) bond motifs is 3. The summed E-state index contributed by atoms with van der Waals surface area (Å²) in [6.45, 7) is 0.462. The molecule has 6 nitrogen and oxygen atoms in total. The largest absolute Gasteiger partial charge is 0.351 e. The summed E-state index contributed by atoms with van der Waals surface area (Å²) in [5.41, 5.74) is 0.643. The van der Waals surface area contributed by atoms with E-state index in [0.717, 1.165) is 9.40 Å². The van der Waals surface area contributed by atoms with Gasteiger partial charge < -0.3 is 10.6 Å². The number of aromatic nitrogens is 2. The smallest absolute Gasteiger partial charge is 0.261 e. The van der Waals surface area contributed by atoms with E-state index in [1.165, 1.54) is 21.4 Å². The SMILES string of the molecule is O=C(CCCNC(=O)c1cc2sc3ccccc3c2s1)Nc1cn[nH]c1. The van der Waals surface area contributed by atoms with Gasteiger partial charge in [0.25, 0.3) is 5.91 Å². The van der Waals surface area contributed by atoms with Crippen molar-refractivity contribution in [3.8, 4) is 0 Å². The minimum Gasteiger partial charge on any atom is -0.351 e. The van der Waals surface area contributed by atoms with Gasteiger partial charge in [-0.2, -0.15) is 5.10 Å². The fourth-order valence-electron chi connectivity index (χ4n) is 2.69. The lowest BCUT2D eigenvalue weighted by atomic mass is 10.2. The number of hydrogen-bond donors (Lipinski definition) is 3. The summed E-state index contributed by atoms with van der Waals surface area (Å²) < 4.78 is 3.54. The average Bonchev–Trinajstić information content (AvgIpc) is 3.34. The Morgan fingerprint density at radius 2 is 2.04 bits per heavy atom. The van der Waals surface area contributed by atoms with Gasteiger partial charge in [-0.3, -0.25) is 14.7 Å². The molecule has 0 radical (unpaired) electrons. The van der Waals surface area contributed by atoms with Gasteiger partial charge in [-0.25, -0.2) is 0 Å². The van der Waals surface area contributed by atoms with Crippen LogP contribution in [0.5, 0.6) is 0 Å². The van der Waals surface area contributed by atoms with Crippen molar-refractivity contribution in [1.82, 2.24) is 15.5 Å². The lowest BCUT2D eigenvalue weighted by Gasteiger charge is -2.04. The Balaban J connectivity index is 1.30. The van der Waals surface area contributed by atoms with Crippen molar-refractivity contribution < 1.29 is 9.59 Å². The number of aromatic amines is 1. The van der Waals surface area contributed by atoms with Crippen molar-refractivity contribution in [2.45, 2.75) is 12.8 Å². The maximum absolute atomic E-state index is 12.3. The van der Waals surface area contributed by atoms with Gasteiger partial charge in [-0.05, 0) is 18.6 Å². The number of amides is 2. The molecular weight excluding hydrogens is 368 g/mol. The third-order valence-electron chi connectivity index (χ3n) is 3.92. The maximum Gasteiger partial charge on any atom is 0.261 e. The van der Waals surface area contributed by atoms with Crippen molar-refractivity contribution in [2.24, 2.45) is 0 Å². The predicted octanol–water partition coefficient (Wildman–Crippen LogP) is 3.99. The zero-order valence-electron chi connectivity index (χ0n) is 13.7. The van der Waals surface area contributed by atoms with Gasteiger partial charge in [0, 0.05) is 33.9 Å². The fourth-order valence-corrected chi connectivity index (χ4v) is 5.13. The molecular formula is C18H16N4O2S2. The highest BCUT2D eigenvalue weighted by Gasteiger charge is 2.14. The molecule has 0 bridgehead atoms. The average molecular weight is 384 g/mol. The number of benzene rings is 1. The van der Waals surface area contributed by atoms with E-state index in [-0.39, 0.29) is 11.8 Å². The molecule has 0 aliphatic heterocycles. The molecule has 3 aromatic heterocycles. The lowest BCUT2D eigenvalue weighted by molar-refractivity contribution is -0.116. The van der Waals surface area contributed by atoms with Gasteiger partial charge in [0.05, 0.1) is 21.5 Å². The Morgan fingerprint density at radius 3 is 2.88 bits per heavy atom. The summed E-state index contributed by atoms with van der Waals surface area (Å²) in [5.74, 6) is -0.179. The Kier molecular flexibility index (Phi) is 4.68. The van der Waals surface area contributed by atoms with Crippen molar-refractivity contribution in [2.75, 3.05) is 11.9 Å². The molecule has 0 unspecified atom stereocenters. The highest BCUT2D eigenvalue weighted by molar-refractivity contribution is 7.33. The summed E-state index contributed by atoms with van der Waals surface area (Å²) in [6.07, 6.45) is 4.09. The normalized spacial score (nSPS) is 11.1. The zero-order valence-corrected chi connectivity index (χ0v) is 15.4. The molecule has 3 N–H and O–H groups in total. The van der Waals surface area contributed by atoms with Crippen LogP contribution in [0.25, 0.3) is 19.5 Å². The van der Waals surface area contributed by atoms with E-state index in [0.29, 0.717) is 30.0 Å². The second-order valence-corrected chi connectivity index (χ2v) is 7.93. The molecule has 0 aliphatic rings. The van der Waals surface area contributed by atoms with Crippen LogP contribution in [0.1, 0.15) is 22.5 Å².